The molecule has 1 amide bonds. The van der Waals surface area contributed by atoms with Gasteiger partial charge in [-0.25, -0.2) is 5.48 Å². The first-order valence-electron chi connectivity index (χ1n) is 15.3. The van der Waals surface area contributed by atoms with Crippen molar-refractivity contribution in [3.05, 3.63) is 0 Å². The number of hydroxylamine groups is 1. The Morgan fingerprint density at radius 2 is 0.618 bits per heavy atom. The predicted molar refractivity (Wildman–Crippen MR) is 158 cm³/mol. The molecule has 0 aliphatic carbocycles. The molecule has 0 spiro atoms. The van der Waals surface area contributed by atoms with Crippen molar-refractivity contribution in [2.24, 2.45) is 0 Å². The summed E-state index contributed by atoms with van der Waals surface area (Å²) in [7, 11) is 0. The summed E-state index contributed by atoms with van der Waals surface area (Å²) >= 11 is 2.49. The molecule has 0 saturated carbocycles. The summed E-state index contributed by atoms with van der Waals surface area (Å²) < 4.78 is 1.33. The number of hydrogen-bond donors (Lipinski definition) is 2. The number of carbonyl (C=O) groups is 1. The summed E-state index contributed by atoms with van der Waals surface area (Å²) in [5, 5.41) is 8.44. The number of nitrogens with one attached hydrogen (secondary N) is 1. The molecule has 2 N–H and O–H groups in total. The van der Waals surface area contributed by atoms with Gasteiger partial charge in [0.05, 0.1) is 0 Å². The molecule has 204 valence electrons. The van der Waals surface area contributed by atoms with Crippen molar-refractivity contribution < 1.29 is 10.0 Å². The third-order valence-electron chi connectivity index (χ3n) is 7.16. The lowest BCUT2D eigenvalue weighted by Crippen LogP contribution is -2.17. The Bertz CT molecular complexity index is 392. The van der Waals surface area contributed by atoms with E-state index in [-0.39, 0.29) is 5.91 Å². The molecule has 0 aromatic rings. The van der Waals surface area contributed by atoms with Crippen molar-refractivity contribution in [3.63, 3.8) is 0 Å². The van der Waals surface area contributed by atoms with E-state index in [0.29, 0.717) is 6.42 Å². The van der Waals surface area contributed by atoms with Gasteiger partial charge in [0.2, 0.25) is 5.91 Å². The van der Waals surface area contributed by atoms with Crippen LogP contribution < -0.4 is 5.48 Å². The Balaban J connectivity index is 3.02. The van der Waals surface area contributed by atoms with Gasteiger partial charge in [0, 0.05) is 6.42 Å². The highest BCUT2D eigenvalue weighted by Gasteiger charge is 1.99. The van der Waals surface area contributed by atoms with E-state index >= 15 is 0 Å². The fourth-order valence-corrected chi connectivity index (χ4v) is 5.39. The second-order valence-electron chi connectivity index (χ2n) is 10.5. The first-order chi connectivity index (χ1) is 16.8. The fourth-order valence-electron chi connectivity index (χ4n) is 4.86. The summed E-state index contributed by atoms with van der Waals surface area (Å²) in [6.07, 6.45) is 38.2. The Kier molecular flexibility index (Phi) is 31.3. The van der Waals surface area contributed by atoms with Crippen LogP contribution in [-0.2, 0) is 4.79 Å². The molecule has 0 aliphatic heterocycles. The molecule has 0 saturated heterocycles. The average Bonchev–Trinajstić information content (AvgIpc) is 2.85. The summed E-state index contributed by atoms with van der Waals surface area (Å²) in [6, 6.07) is 0. The molecule has 0 aliphatic rings. The van der Waals surface area contributed by atoms with Crippen molar-refractivity contribution in [1.29, 1.82) is 0 Å². The smallest absolute Gasteiger partial charge is 0.243 e. The van der Waals surface area contributed by atoms with Crippen LogP contribution in [0.15, 0.2) is 0 Å². The first-order valence-corrected chi connectivity index (χ1v) is 16.8. The summed E-state index contributed by atoms with van der Waals surface area (Å²) in [4.78, 5) is 10.9. The van der Waals surface area contributed by atoms with Gasteiger partial charge in [-0.1, -0.05) is 183 Å². The number of unbranched alkanes of at least 4 members (excludes halogenated alkanes) is 26. The number of hydrogen-bond acceptors (Lipinski definition) is 2. The Labute approximate surface area is 227 Å². The number of alkyl halides is 1. The summed E-state index contributed by atoms with van der Waals surface area (Å²) in [5.41, 5.74) is 1.70. The number of amides is 1. The molecule has 0 atom stereocenters. The minimum absolute atomic E-state index is 0.255. The van der Waals surface area contributed by atoms with Crippen LogP contribution >= 0.6 is 22.6 Å². The van der Waals surface area contributed by atoms with Crippen molar-refractivity contribution in [2.45, 2.75) is 180 Å². The molecule has 4 heteroatoms. The zero-order valence-corrected chi connectivity index (χ0v) is 24.9. The Morgan fingerprint density at radius 1 is 0.412 bits per heavy atom. The lowest BCUT2D eigenvalue weighted by Gasteiger charge is -2.04. The topological polar surface area (TPSA) is 49.3 Å². The second-order valence-corrected chi connectivity index (χ2v) is 11.6. The summed E-state index contributed by atoms with van der Waals surface area (Å²) in [6.45, 7) is 0. The second kappa shape index (κ2) is 31.2. The monoisotopic (exact) mass is 593 g/mol. The molecule has 3 nitrogen and oxygen atoms in total. The molecule has 0 radical (unpaired) electrons. The highest BCUT2D eigenvalue weighted by atomic mass is 127. The average molecular weight is 594 g/mol. The van der Waals surface area contributed by atoms with Gasteiger partial charge in [-0.3, -0.25) is 10.0 Å². The Hall–Kier alpha value is 0.160. The van der Waals surface area contributed by atoms with Gasteiger partial charge in [0.25, 0.3) is 0 Å². The van der Waals surface area contributed by atoms with Crippen LogP contribution in [0, 0.1) is 0 Å². The van der Waals surface area contributed by atoms with E-state index in [9.17, 15) is 4.79 Å². The molecule has 0 aromatic heterocycles. The molecule has 34 heavy (non-hydrogen) atoms. The zero-order valence-electron chi connectivity index (χ0n) is 22.7. The van der Waals surface area contributed by atoms with Crippen molar-refractivity contribution >= 4 is 28.5 Å². The normalized spacial score (nSPS) is 11.2. The fraction of sp³-hybridized carbons (Fsp3) is 0.967. The van der Waals surface area contributed by atoms with Crippen LogP contribution in [0.4, 0.5) is 0 Å². The molecule has 0 aromatic carbocycles. The van der Waals surface area contributed by atoms with Gasteiger partial charge < -0.3 is 0 Å². The highest BCUT2D eigenvalue weighted by Crippen LogP contribution is 2.16. The van der Waals surface area contributed by atoms with E-state index in [1.54, 1.807) is 5.48 Å². The van der Waals surface area contributed by atoms with Gasteiger partial charge in [-0.2, -0.15) is 0 Å². The first kappa shape index (κ1) is 34.2. The van der Waals surface area contributed by atoms with Gasteiger partial charge in [0.1, 0.15) is 0 Å². The lowest BCUT2D eigenvalue weighted by molar-refractivity contribution is -0.129. The van der Waals surface area contributed by atoms with E-state index < -0.39 is 0 Å². The molecule has 0 heterocycles. The largest absolute Gasteiger partial charge is 0.289 e. The van der Waals surface area contributed by atoms with Gasteiger partial charge in [-0.15, -0.1) is 0 Å². The number of rotatable bonds is 29. The quantitative estimate of drug-likeness (QED) is 0.0298. The van der Waals surface area contributed by atoms with Gasteiger partial charge >= 0.3 is 0 Å². The van der Waals surface area contributed by atoms with E-state index in [0.717, 1.165) is 12.8 Å². The van der Waals surface area contributed by atoms with E-state index in [1.807, 2.05) is 0 Å². The maximum atomic E-state index is 10.9. The van der Waals surface area contributed by atoms with Crippen LogP contribution in [0.3, 0.4) is 0 Å². The maximum Gasteiger partial charge on any atom is 0.243 e. The SMILES string of the molecule is O=C(CCCCCCCCCCCCCCCCCCCCCCCCCCCCCI)NO. The van der Waals surface area contributed by atoms with Crippen LogP contribution in [0.2, 0.25) is 0 Å². The minimum atomic E-state index is -0.255. The van der Waals surface area contributed by atoms with Gasteiger partial charge in [0.15, 0.2) is 0 Å². The minimum Gasteiger partial charge on any atom is -0.289 e. The lowest BCUT2D eigenvalue weighted by atomic mass is 10.0. The van der Waals surface area contributed by atoms with E-state index in [1.165, 1.54) is 165 Å². The van der Waals surface area contributed by atoms with Gasteiger partial charge in [-0.05, 0) is 17.3 Å². The zero-order chi connectivity index (χ0) is 24.8. The molecule has 0 rings (SSSR count). The van der Waals surface area contributed by atoms with Crippen molar-refractivity contribution in [1.82, 2.24) is 5.48 Å². The molecule has 0 bridgehead atoms. The van der Waals surface area contributed by atoms with E-state index in [4.69, 9.17) is 5.21 Å². The highest BCUT2D eigenvalue weighted by molar-refractivity contribution is 14.1. The predicted octanol–water partition coefficient (Wildman–Crippen LogP) is 10.8. The van der Waals surface area contributed by atoms with Crippen LogP contribution in [0.5, 0.6) is 0 Å². The number of carbonyl (C=O) groups excluding carboxylic acids is 1. The summed E-state index contributed by atoms with van der Waals surface area (Å²) in [5.74, 6) is -0.255. The van der Waals surface area contributed by atoms with Crippen LogP contribution in [0.1, 0.15) is 180 Å². The maximum absolute atomic E-state index is 10.9. The molecular formula is C30H60INO2. The van der Waals surface area contributed by atoms with Crippen molar-refractivity contribution in [2.75, 3.05) is 4.43 Å². The third kappa shape index (κ3) is 30.2. The van der Waals surface area contributed by atoms with E-state index in [2.05, 4.69) is 22.6 Å². The van der Waals surface area contributed by atoms with Crippen molar-refractivity contribution in [3.8, 4) is 0 Å². The number of halogens is 1. The Morgan fingerprint density at radius 3 is 0.824 bits per heavy atom. The molecular weight excluding hydrogens is 533 g/mol. The van der Waals surface area contributed by atoms with Crippen LogP contribution in [0.25, 0.3) is 0 Å². The third-order valence-corrected chi connectivity index (χ3v) is 7.92. The molecule has 0 fully saturated rings. The molecule has 0 unspecified atom stereocenters. The van der Waals surface area contributed by atoms with Crippen LogP contribution in [-0.4, -0.2) is 15.5 Å². The standard InChI is InChI=1S/C30H60INO2/c31-29-27-25-23-21-19-17-15-13-11-9-7-5-3-1-2-4-6-8-10-12-14-16-18-20-22-24-26-28-30(33)32-34/h34H,1-29H2,(H,32,33).